The van der Waals surface area contributed by atoms with Gasteiger partial charge in [-0.1, -0.05) is 0 Å². The number of carbonyl (C=O) groups excluding carboxylic acids is 1. The highest BCUT2D eigenvalue weighted by molar-refractivity contribution is 6.07. The molecule has 9 heteroatoms. The quantitative estimate of drug-likeness (QED) is 0.330. The summed E-state index contributed by atoms with van der Waals surface area (Å²) in [4.78, 5) is 38.1. The van der Waals surface area contributed by atoms with Crippen molar-refractivity contribution in [1.29, 1.82) is 0 Å². The molecule has 6 heterocycles. The van der Waals surface area contributed by atoms with Crippen molar-refractivity contribution in [3.63, 3.8) is 0 Å². The lowest BCUT2D eigenvalue weighted by Gasteiger charge is -2.36. The first-order valence-corrected chi connectivity index (χ1v) is 13.1. The summed E-state index contributed by atoms with van der Waals surface area (Å²) in [5.41, 5.74) is 6.28. The average molecular weight is 522 g/mol. The minimum Gasteiger partial charge on any atom is -0.444 e. The summed E-state index contributed by atoms with van der Waals surface area (Å²) in [6.07, 6.45) is 8.98. The van der Waals surface area contributed by atoms with Crippen LogP contribution in [0.15, 0.2) is 61.3 Å². The number of nitrogens with zero attached hydrogens (tertiary/aromatic N) is 6. The zero-order valence-corrected chi connectivity index (χ0v) is 22.6. The number of H-pyrrole nitrogens is 1. The van der Waals surface area contributed by atoms with Crippen molar-refractivity contribution in [3.8, 4) is 22.4 Å². The van der Waals surface area contributed by atoms with E-state index in [9.17, 15) is 4.79 Å². The Kier molecular flexibility index (Phi) is 6.13. The van der Waals surface area contributed by atoms with Gasteiger partial charge in [-0.2, -0.15) is 0 Å². The first-order valence-electron chi connectivity index (χ1n) is 13.1. The number of carbonyl (C=O) groups is 1. The summed E-state index contributed by atoms with van der Waals surface area (Å²) < 4.78 is 5.52. The molecule has 0 atom stereocenters. The van der Waals surface area contributed by atoms with Crippen molar-refractivity contribution in [1.82, 2.24) is 29.8 Å². The van der Waals surface area contributed by atoms with Gasteiger partial charge < -0.3 is 19.5 Å². The van der Waals surface area contributed by atoms with Crippen LogP contribution >= 0.6 is 0 Å². The van der Waals surface area contributed by atoms with E-state index >= 15 is 0 Å². The monoisotopic (exact) mass is 521 g/mol. The number of pyridine rings is 4. The van der Waals surface area contributed by atoms with Gasteiger partial charge in [0.05, 0.1) is 17.4 Å². The number of aromatic amines is 1. The molecule has 0 saturated carbocycles. The lowest BCUT2D eigenvalue weighted by molar-refractivity contribution is 0.0240. The molecule has 1 aliphatic heterocycles. The fourth-order valence-electron chi connectivity index (χ4n) is 4.96. The molecule has 9 nitrogen and oxygen atoms in total. The molecule has 5 aromatic heterocycles. The highest BCUT2D eigenvalue weighted by atomic mass is 16.6. The van der Waals surface area contributed by atoms with E-state index < -0.39 is 5.60 Å². The summed E-state index contributed by atoms with van der Waals surface area (Å²) in [5, 5.41) is 2.11. The Balaban J connectivity index is 1.24. The van der Waals surface area contributed by atoms with Gasteiger partial charge in [0.2, 0.25) is 0 Å². The molecule has 0 spiro atoms. The highest BCUT2D eigenvalue weighted by Crippen LogP contribution is 2.32. The van der Waals surface area contributed by atoms with Gasteiger partial charge in [-0.15, -0.1) is 0 Å². The normalized spacial score (nSPS) is 14.3. The topological polar surface area (TPSA) is 100 Å². The van der Waals surface area contributed by atoms with Crippen molar-refractivity contribution in [3.05, 3.63) is 66.9 Å². The number of aromatic nitrogens is 5. The number of rotatable bonds is 3. The largest absolute Gasteiger partial charge is 0.444 e. The van der Waals surface area contributed by atoms with Crippen molar-refractivity contribution >= 4 is 33.8 Å². The molecule has 6 rings (SSSR count). The van der Waals surface area contributed by atoms with E-state index in [1.165, 1.54) is 0 Å². The Morgan fingerprint density at radius 3 is 2.46 bits per heavy atom. The predicted molar refractivity (Wildman–Crippen MR) is 153 cm³/mol. The van der Waals surface area contributed by atoms with Crippen LogP contribution in [0.1, 0.15) is 26.3 Å². The Labute approximate surface area is 226 Å². The van der Waals surface area contributed by atoms with Gasteiger partial charge in [0.15, 0.2) is 0 Å². The van der Waals surface area contributed by atoms with Gasteiger partial charge in [0.1, 0.15) is 17.1 Å². The lowest BCUT2D eigenvalue weighted by Crippen LogP contribution is -2.50. The Morgan fingerprint density at radius 1 is 0.923 bits per heavy atom. The van der Waals surface area contributed by atoms with Crippen LogP contribution in [0.2, 0.25) is 0 Å². The van der Waals surface area contributed by atoms with E-state index in [0.29, 0.717) is 26.2 Å². The summed E-state index contributed by atoms with van der Waals surface area (Å²) in [6, 6.07) is 10.3. The summed E-state index contributed by atoms with van der Waals surface area (Å²) in [7, 11) is 0. The van der Waals surface area contributed by atoms with E-state index in [2.05, 4.69) is 45.0 Å². The molecule has 1 N–H and O–H groups in total. The van der Waals surface area contributed by atoms with E-state index in [0.717, 1.165) is 55.7 Å². The molecular formula is C30H31N7O2. The van der Waals surface area contributed by atoms with Gasteiger partial charge >= 0.3 is 6.09 Å². The highest BCUT2D eigenvalue weighted by Gasteiger charge is 2.26. The number of nitrogens with one attached hydrogen (secondary N) is 1. The molecule has 0 bridgehead atoms. The second-order valence-corrected chi connectivity index (χ2v) is 10.9. The van der Waals surface area contributed by atoms with Crippen LogP contribution in [0.5, 0.6) is 0 Å². The molecule has 198 valence electrons. The second kappa shape index (κ2) is 9.65. The lowest BCUT2D eigenvalue weighted by atomic mass is 10.0. The number of fused-ring (bicyclic) bond motifs is 3. The minimum atomic E-state index is -0.494. The first kappa shape index (κ1) is 24.8. The van der Waals surface area contributed by atoms with Crippen LogP contribution in [-0.4, -0.2) is 67.7 Å². The average Bonchev–Trinajstić information content (AvgIpc) is 3.30. The fraction of sp³-hybridized carbons (Fsp3) is 0.300. The molecular weight excluding hydrogens is 490 g/mol. The van der Waals surface area contributed by atoms with Gasteiger partial charge in [-0.25, -0.2) is 14.8 Å². The number of piperazine rings is 1. The Bertz CT molecular complexity index is 1670. The Hall–Kier alpha value is -4.53. The van der Waals surface area contributed by atoms with Crippen LogP contribution in [0.4, 0.5) is 10.6 Å². The molecule has 0 radical (unpaired) electrons. The predicted octanol–water partition coefficient (Wildman–Crippen LogP) is 5.60. The minimum absolute atomic E-state index is 0.259. The smallest absolute Gasteiger partial charge is 0.410 e. The zero-order chi connectivity index (χ0) is 27.1. The van der Waals surface area contributed by atoms with E-state index in [1.807, 2.05) is 57.7 Å². The van der Waals surface area contributed by atoms with E-state index in [4.69, 9.17) is 14.7 Å². The third-order valence-electron chi connectivity index (χ3n) is 6.95. The maximum absolute atomic E-state index is 12.4. The third kappa shape index (κ3) is 4.99. The number of hydrogen-bond acceptors (Lipinski definition) is 7. The molecule has 1 aliphatic rings. The zero-order valence-electron chi connectivity index (χ0n) is 22.6. The summed E-state index contributed by atoms with van der Waals surface area (Å²) in [5.74, 6) is 0.911. The van der Waals surface area contributed by atoms with Crippen molar-refractivity contribution in [2.24, 2.45) is 0 Å². The standard InChI is InChI=1S/C30H31N7O2/c1-19-12-27(36-8-10-37(11-9-36)29(38)39-30(2,3)4)33-17-24(19)21-13-23-22-14-25(20-6-5-7-31-15-20)32-18-26(22)35-28(23)34-16-21/h5-7,12-18H,8-11H2,1-4H3,(H,34,35). The third-order valence-corrected chi connectivity index (χ3v) is 6.95. The van der Waals surface area contributed by atoms with Crippen LogP contribution in [0, 0.1) is 6.92 Å². The van der Waals surface area contributed by atoms with Gasteiger partial charge in [-0.3, -0.25) is 9.97 Å². The molecule has 1 fully saturated rings. The molecule has 0 unspecified atom stereocenters. The number of ether oxygens (including phenoxy) is 1. The molecule has 1 amide bonds. The Morgan fingerprint density at radius 2 is 1.74 bits per heavy atom. The van der Waals surface area contributed by atoms with Crippen LogP contribution in [0.25, 0.3) is 44.3 Å². The fourth-order valence-corrected chi connectivity index (χ4v) is 4.96. The number of amides is 1. The number of anilines is 1. The molecule has 5 aromatic rings. The van der Waals surface area contributed by atoms with E-state index in [1.54, 1.807) is 11.1 Å². The van der Waals surface area contributed by atoms with Crippen molar-refractivity contribution in [2.45, 2.75) is 33.3 Å². The van der Waals surface area contributed by atoms with Crippen LogP contribution in [-0.2, 0) is 4.74 Å². The SMILES string of the molecule is Cc1cc(N2CCN(C(=O)OC(C)(C)C)CC2)ncc1-c1cnc2[nH]c3cnc(-c4cccnc4)cc3c2c1. The molecule has 39 heavy (non-hydrogen) atoms. The maximum atomic E-state index is 12.4. The van der Waals surface area contributed by atoms with E-state index in [-0.39, 0.29) is 6.09 Å². The van der Waals surface area contributed by atoms with Crippen molar-refractivity contribution < 1.29 is 9.53 Å². The van der Waals surface area contributed by atoms with Gasteiger partial charge in [0.25, 0.3) is 0 Å². The second-order valence-electron chi connectivity index (χ2n) is 10.9. The molecule has 1 saturated heterocycles. The maximum Gasteiger partial charge on any atom is 0.410 e. The van der Waals surface area contributed by atoms with Crippen LogP contribution < -0.4 is 4.90 Å². The first-order chi connectivity index (χ1) is 18.7. The summed E-state index contributed by atoms with van der Waals surface area (Å²) >= 11 is 0. The van der Waals surface area contributed by atoms with Crippen molar-refractivity contribution in [2.75, 3.05) is 31.1 Å². The van der Waals surface area contributed by atoms with Crippen LogP contribution in [0.3, 0.4) is 0 Å². The van der Waals surface area contributed by atoms with Gasteiger partial charge in [-0.05, 0) is 63.6 Å². The molecule has 0 aromatic carbocycles. The number of aryl methyl sites for hydroxylation is 1. The number of hydrogen-bond donors (Lipinski definition) is 1. The summed E-state index contributed by atoms with van der Waals surface area (Å²) in [6.45, 7) is 10.4. The van der Waals surface area contributed by atoms with Gasteiger partial charge in [0, 0.05) is 78.4 Å². The molecule has 0 aliphatic carbocycles.